The molecule has 120 valence electrons. The van der Waals surface area contributed by atoms with Crippen molar-refractivity contribution in [2.45, 2.75) is 33.7 Å². The van der Waals surface area contributed by atoms with Gasteiger partial charge in [-0.3, -0.25) is 9.59 Å². The number of nitriles is 1. The van der Waals surface area contributed by atoms with E-state index in [0.717, 1.165) is 0 Å². The molecule has 1 rings (SSSR count). The van der Waals surface area contributed by atoms with Crippen LogP contribution in [0.25, 0.3) is 0 Å². The minimum absolute atomic E-state index is 0.0714. The second kappa shape index (κ2) is 8.23. The molecule has 2 atom stereocenters. The van der Waals surface area contributed by atoms with Crippen molar-refractivity contribution in [3.05, 3.63) is 24.2 Å². The molecule has 1 N–H and O–H groups in total. The summed E-state index contributed by atoms with van der Waals surface area (Å²) in [4.78, 5) is 26.3. The molecule has 0 saturated carbocycles. The SMILES string of the molecule is CCN(C[C@@H](C)C#N)C(=O)[C@H](NC(=O)c1ccco1)C(C)C. The molecule has 2 amide bonds. The van der Waals surface area contributed by atoms with Crippen molar-refractivity contribution in [3.8, 4) is 6.07 Å². The number of rotatable bonds is 7. The Kier molecular flexibility index (Phi) is 6.64. The van der Waals surface area contributed by atoms with Gasteiger partial charge in [-0.1, -0.05) is 13.8 Å². The van der Waals surface area contributed by atoms with E-state index in [-0.39, 0.29) is 23.5 Å². The number of nitrogens with zero attached hydrogens (tertiary/aromatic N) is 2. The summed E-state index contributed by atoms with van der Waals surface area (Å²) in [6.07, 6.45) is 1.41. The summed E-state index contributed by atoms with van der Waals surface area (Å²) in [5, 5.41) is 11.6. The Labute approximate surface area is 131 Å². The summed E-state index contributed by atoms with van der Waals surface area (Å²) < 4.78 is 5.04. The van der Waals surface area contributed by atoms with Crippen molar-refractivity contribution < 1.29 is 14.0 Å². The van der Waals surface area contributed by atoms with E-state index < -0.39 is 11.9 Å². The zero-order valence-electron chi connectivity index (χ0n) is 13.5. The first-order chi connectivity index (χ1) is 10.4. The quantitative estimate of drug-likeness (QED) is 0.835. The molecular weight excluding hydrogens is 282 g/mol. The van der Waals surface area contributed by atoms with Crippen molar-refractivity contribution in [2.75, 3.05) is 13.1 Å². The molecule has 0 aliphatic heterocycles. The van der Waals surface area contributed by atoms with Gasteiger partial charge in [0.1, 0.15) is 6.04 Å². The Morgan fingerprint density at radius 1 is 1.41 bits per heavy atom. The van der Waals surface area contributed by atoms with E-state index >= 15 is 0 Å². The summed E-state index contributed by atoms with van der Waals surface area (Å²) >= 11 is 0. The minimum Gasteiger partial charge on any atom is -0.459 e. The highest BCUT2D eigenvalue weighted by Gasteiger charge is 2.29. The number of carbonyl (C=O) groups is 2. The highest BCUT2D eigenvalue weighted by molar-refractivity contribution is 5.95. The van der Waals surface area contributed by atoms with Crippen molar-refractivity contribution in [2.24, 2.45) is 11.8 Å². The molecule has 0 unspecified atom stereocenters. The van der Waals surface area contributed by atoms with Crippen molar-refractivity contribution in [1.82, 2.24) is 10.2 Å². The fraction of sp³-hybridized carbons (Fsp3) is 0.562. The van der Waals surface area contributed by atoms with E-state index in [2.05, 4.69) is 11.4 Å². The first-order valence-corrected chi connectivity index (χ1v) is 7.43. The molecule has 22 heavy (non-hydrogen) atoms. The van der Waals surface area contributed by atoms with Crippen LogP contribution in [0, 0.1) is 23.2 Å². The normalized spacial score (nSPS) is 13.3. The molecule has 6 heteroatoms. The Hall–Kier alpha value is -2.29. The molecule has 1 aromatic heterocycles. The first-order valence-electron chi connectivity index (χ1n) is 7.43. The van der Waals surface area contributed by atoms with E-state index in [9.17, 15) is 9.59 Å². The van der Waals surface area contributed by atoms with Crippen molar-refractivity contribution in [1.29, 1.82) is 5.26 Å². The molecule has 0 fully saturated rings. The fourth-order valence-corrected chi connectivity index (χ4v) is 2.08. The molecule has 0 aliphatic rings. The molecule has 1 aromatic rings. The number of hydrogen-bond donors (Lipinski definition) is 1. The lowest BCUT2D eigenvalue weighted by molar-refractivity contribution is -0.134. The molecule has 0 aromatic carbocycles. The third kappa shape index (κ3) is 4.62. The number of amides is 2. The van der Waals surface area contributed by atoms with E-state index in [0.29, 0.717) is 13.1 Å². The Morgan fingerprint density at radius 3 is 2.55 bits per heavy atom. The van der Waals surface area contributed by atoms with Crippen LogP contribution in [0.3, 0.4) is 0 Å². The molecule has 0 aliphatic carbocycles. The van der Waals surface area contributed by atoms with Gasteiger partial charge < -0.3 is 14.6 Å². The van der Waals surface area contributed by atoms with Gasteiger partial charge in [0.25, 0.3) is 5.91 Å². The summed E-state index contributed by atoms with van der Waals surface area (Å²) in [6, 6.07) is 4.64. The average molecular weight is 305 g/mol. The standard InChI is InChI=1S/C16H23N3O3/c1-5-19(10-12(4)9-17)16(21)14(11(2)3)18-15(20)13-7-6-8-22-13/h6-8,11-12,14H,5,10H2,1-4H3,(H,18,20)/t12-,14+/m0/s1. The lowest BCUT2D eigenvalue weighted by Crippen LogP contribution is -2.52. The third-order valence-corrected chi connectivity index (χ3v) is 3.37. The van der Waals surface area contributed by atoms with Gasteiger partial charge in [-0.25, -0.2) is 0 Å². The minimum atomic E-state index is -0.650. The van der Waals surface area contributed by atoms with E-state index in [1.807, 2.05) is 20.8 Å². The maximum absolute atomic E-state index is 12.6. The molecule has 1 heterocycles. The van der Waals surface area contributed by atoms with Crippen LogP contribution in [0.15, 0.2) is 22.8 Å². The van der Waals surface area contributed by atoms with Gasteiger partial charge in [0.05, 0.1) is 18.3 Å². The Balaban J connectivity index is 2.83. The van der Waals surface area contributed by atoms with Crippen LogP contribution in [-0.2, 0) is 4.79 Å². The zero-order valence-corrected chi connectivity index (χ0v) is 13.5. The largest absolute Gasteiger partial charge is 0.459 e. The van der Waals surface area contributed by atoms with Gasteiger partial charge in [-0.15, -0.1) is 0 Å². The van der Waals surface area contributed by atoms with Crippen LogP contribution in [-0.4, -0.2) is 35.8 Å². The second-order valence-corrected chi connectivity index (χ2v) is 5.58. The van der Waals surface area contributed by atoms with Gasteiger partial charge >= 0.3 is 0 Å². The lowest BCUT2D eigenvalue weighted by Gasteiger charge is -2.29. The van der Waals surface area contributed by atoms with Gasteiger partial charge in [0, 0.05) is 13.1 Å². The monoisotopic (exact) mass is 305 g/mol. The zero-order chi connectivity index (χ0) is 16.7. The van der Waals surface area contributed by atoms with Crippen LogP contribution >= 0.6 is 0 Å². The smallest absolute Gasteiger partial charge is 0.287 e. The number of furan rings is 1. The van der Waals surface area contributed by atoms with Crippen molar-refractivity contribution >= 4 is 11.8 Å². The van der Waals surface area contributed by atoms with Gasteiger partial charge in [0.15, 0.2) is 5.76 Å². The van der Waals surface area contributed by atoms with Gasteiger partial charge in [-0.2, -0.15) is 5.26 Å². The van der Waals surface area contributed by atoms with Crippen LogP contribution in [0.1, 0.15) is 38.2 Å². The molecule has 0 spiro atoms. The fourth-order valence-electron chi connectivity index (χ4n) is 2.08. The van der Waals surface area contributed by atoms with Crippen molar-refractivity contribution in [3.63, 3.8) is 0 Å². The van der Waals surface area contributed by atoms with Crippen LogP contribution in [0.5, 0.6) is 0 Å². The Bertz CT molecular complexity index is 531. The summed E-state index contributed by atoms with van der Waals surface area (Å²) in [6.45, 7) is 8.20. The van der Waals surface area contributed by atoms with Gasteiger partial charge in [-0.05, 0) is 31.9 Å². The molecule has 6 nitrogen and oxygen atoms in total. The summed E-state index contributed by atoms with van der Waals surface area (Å²) in [5.41, 5.74) is 0. The predicted molar refractivity (Wildman–Crippen MR) is 81.8 cm³/mol. The number of hydrogen-bond acceptors (Lipinski definition) is 4. The molecular formula is C16H23N3O3. The summed E-state index contributed by atoms with van der Waals surface area (Å²) in [5.74, 6) is -0.747. The molecule has 0 bridgehead atoms. The van der Waals surface area contributed by atoms with Crippen LogP contribution < -0.4 is 5.32 Å². The summed E-state index contributed by atoms with van der Waals surface area (Å²) in [7, 11) is 0. The Morgan fingerprint density at radius 2 is 2.09 bits per heavy atom. The third-order valence-electron chi connectivity index (χ3n) is 3.37. The number of likely N-dealkylation sites (N-methyl/N-ethyl adjacent to an activating group) is 1. The topological polar surface area (TPSA) is 86.3 Å². The van der Waals surface area contributed by atoms with E-state index in [4.69, 9.17) is 9.68 Å². The maximum atomic E-state index is 12.6. The predicted octanol–water partition coefficient (Wildman–Crippen LogP) is 2.04. The average Bonchev–Trinajstić information content (AvgIpc) is 3.03. The maximum Gasteiger partial charge on any atom is 0.287 e. The van der Waals surface area contributed by atoms with Crippen LogP contribution in [0.2, 0.25) is 0 Å². The van der Waals surface area contributed by atoms with Gasteiger partial charge in [0.2, 0.25) is 5.91 Å². The molecule has 0 radical (unpaired) electrons. The number of nitrogens with one attached hydrogen (secondary N) is 1. The second-order valence-electron chi connectivity index (χ2n) is 5.58. The van der Waals surface area contributed by atoms with E-state index in [1.54, 1.807) is 24.0 Å². The highest BCUT2D eigenvalue weighted by Crippen LogP contribution is 2.10. The van der Waals surface area contributed by atoms with Crippen LogP contribution in [0.4, 0.5) is 0 Å². The highest BCUT2D eigenvalue weighted by atomic mass is 16.3. The lowest BCUT2D eigenvalue weighted by atomic mass is 10.0. The van der Waals surface area contributed by atoms with E-state index in [1.165, 1.54) is 6.26 Å². The number of carbonyl (C=O) groups excluding carboxylic acids is 2. The first kappa shape index (κ1) is 17.8. The molecule has 0 saturated heterocycles.